The minimum atomic E-state index is -0.124. The number of para-hydroxylation sites is 1. The van der Waals surface area contributed by atoms with Crippen LogP contribution in [0, 0.1) is 0 Å². The first-order chi connectivity index (χ1) is 11.2. The van der Waals surface area contributed by atoms with Crippen molar-refractivity contribution in [3.63, 3.8) is 0 Å². The summed E-state index contributed by atoms with van der Waals surface area (Å²) < 4.78 is 5.74. The molecule has 6 nitrogen and oxygen atoms in total. The Hall–Kier alpha value is -2.34. The second-order valence-electron chi connectivity index (χ2n) is 5.31. The number of carbonyl (C=O) groups excluding carboxylic acids is 1. The standard InChI is InChI=1S/C16H17ClN4O2/c17-12-9-18-15(19-10-12)23-14-7-4-8-21(11-14)16(22)20-13-5-2-1-3-6-13/h1-3,5-6,9-10,14H,4,7-8,11H2,(H,20,22). The molecule has 0 bridgehead atoms. The number of piperidine rings is 1. The van der Waals surface area contributed by atoms with Crippen molar-refractivity contribution in [1.29, 1.82) is 0 Å². The first-order valence-electron chi connectivity index (χ1n) is 7.46. The number of benzene rings is 1. The summed E-state index contributed by atoms with van der Waals surface area (Å²) in [6.45, 7) is 1.21. The Kier molecular flexibility index (Phi) is 4.92. The third-order valence-electron chi connectivity index (χ3n) is 3.56. The number of nitrogens with one attached hydrogen (secondary N) is 1. The van der Waals surface area contributed by atoms with Gasteiger partial charge in [-0.05, 0) is 25.0 Å². The number of hydrogen-bond acceptors (Lipinski definition) is 4. The largest absolute Gasteiger partial charge is 0.458 e. The molecule has 120 valence electrons. The molecule has 1 unspecified atom stereocenters. The summed E-state index contributed by atoms with van der Waals surface area (Å²) in [6, 6.07) is 9.55. The van der Waals surface area contributed by atoms with Gasteiger partial charge in [0.1, 0.15) is 6.10 Å². The number of hydrogen-bond donors (Lipinski definition) is 1. The second kappa shape index (κ2) is 7.28. The second-order valence-corrected chi connectivity index (χ2v) is 5.74. The van der Waals surface area contributed by atoms with E-state index in [0.717, 1.165) is 18.5 Å². The molecule has 2 heterocycles. The van der Waals surface area contributed by atoms with Crippen LogP contribution in [0.4, 0.5) is 10.5 Å². The molecule has 3 rings (SSSR count). The summed E-state index contributed by atoms with van der Waals surface area (Å²) in [6.07, 6.45) is 4.60. The highest BCUT2D eigenvalue weighted by molar-refractivity contribution is 6.30. The predicted molar refractivity (Wildman–Crippen MR) is 87.7 cm³/mol. The molecule has 0 aliphatic carbocycles. The number of amides is 2. The Morgan fingerprint density at radius 1 is 1.26 bits per heavy atom. The fourth-order valence-electron chi connectivity index (χ4n) is 2.45. The van der Waals surface area contributed by atoms with Crippen molar-refractivity contribution in [2.24, 2.45) is 0 Å². The van der Waals surface area contributed by atoms with Crippen molar-refractivity contribution in [2.45, 2.75) is 18.9 Å². The summed E-state index contributed by atoms with van der Waals surface area (Å²) in [5.74, 6) is 0. The average Bonchev–Trinajstić information content (AvgIpc) is 2.58. The molecular weight excluding hydrogens is 316 g/mol. The van der Waals surface area contributed by atoms with Gasteiger partial charge in [-0.1, -0.05) is 29.8 Å². The van der Waals surface area contributed by atoms with E-state index in [1.807, 2.05) is 30.3 Å². The Morgan fingerprint density at radius 2 is 2.00 bits per heavy atom. The van der Waals surface area contributed by atoms with Crippen LogP contribution < -0.4 is 10.1 Å². The van der Waals surface area contributed by atoms with E-state index in [-0.39, 0.29) is 18.1 Å². The zero-order valence-corrected chi connectivity index (χ0v) is 13.2. The van der Waals surface area contributed by atoms with Gasteiger partial charge in [-0.2, -0.15) is 0 Å². The van der Waals surface area contributed by atoms with Crippen molar-refractivity contribution >= 4 is 23.3 Å². The van der Waals surface area contributed by atoms with E-state index in [4.69, 9.17) is 16.3 Å². The summed E-state index contributed by atoms with van der Waals surface area (Å²) in [5, 5.41) is 3.35. The maximum atomic E-state index is 12.3. The number of rotatable bonds is 3. The third-order valence-corrected chi connectivity index (χ3v) is 3.75. The smallest absolute Gasteiger partial charge is 0.321 e. The highest BCUT2D eigenvalue weighted by atomic mass is 35.5. The van der Waals surface area contributed by atoms with E-state index in [1.54, 1.807) is 4.90 Å². The Balaban J connectivity index is 1.57. The van der Waals surface area contributed by atoms with E-state index in [0.29, 0.717) is 18.1 Å². The summed E-state index contributed by atoms with van der Waals surface area (Å²) in [7, 11) is 0. The van der Waals surface area contributed by atoms with Crippen LogP contribution in [0.3, 0.4) is 0 Å². The van der Waals surface area contributed by atoms with Crippen LogP contribution in [0.15, 0.2) is 42.7 Å². The summed E-state index contributed by atoms with van der Waals surface area (Å²) in [5.41, 5.74) is 0.779. The number of aromatic nitrogens is 2. The molecule has 23 heavy (non-hydrogen) atoms. The topological polar surface area (TPSA) is 67.4 Å². The van der Waals surface area contributed by atoms with Gasteiger partial charge in [-0.25, -0.2) is 14.8 Å². The maximum absolute atomic E-state index is 12.3. The van der Waals surface area contributed by atoms with Gasteiger partial charge in [-0.15, -0.1) is 0 Å². The minimum absolute atomic E-state index is 0.119. The van der Waals surface area contributed by atoms with Gasteiger partial charge in [-0.3, -0.25) is 0 Å². The molecule has 1 aromatic carbocycles. The summed E-state index contributed by atoms with van der Waals surface area (Å²) in [4.78, 5) is 22.1. The van der Waals surface area contributed by atoms with E-state index in [1.165, 1.54) is 12.4 Å². The van der Waals surface area contributed by atoms with Gasteiger partial charge >= 0.3 is 12.0 Å². The van der Waals surface area contributed by atoms with Crippen molar-refractivity contribution < 1.29 is 9.53 Å². The number of urea groups is 1. The fourth-order valence-corrected chi connectivity index (χ4v) is 2.55. The van der Waals surface area contributed by atoms with Crippen LogP contribution in [-0.2, 0) is 0 Å². The molecule has 2 aromatic rings. The van der Waals surface area contributed by atoms with E-state index < -0.39 is 0 Å². The van der Waals surface area contributed by atoms with Crippen LogP contribution in [0.2, 0.25) is 5.02 Å². The molecule has 7 heteroatoms. The number of halogens is 1. The SMILES string of the molecule is O=C(Nc1ccccc1)N1CCCC(Oc2ncc(Cl)cn2)C1. The molecule has 2 amide bonds. The lowest BCUT2D eigenvalue weighted by Gasteiger charge is -2.32. The molecule has 1 aliphatic rings. The lowest BCUT2D eigenvalue weighted by Crippen LogP contribution is -2.46. The maximum Gasteiger partial charge on any atom is 0.321 e. The van der Waals surface area contributed by atoms with Gasteiger partial charge in [0.25, 0.3) is 0 Å². The van der Waals surface area contributed by atoms with Crippen LogP contribution in [0.25, 0.3) is 0 Å². The quantitative estimate of drug-likeness (QED) is 0.937. The molecule has 1 saturated heterocycles. The van der Waals surface area contributed by atoms with Crippen molar-refractivity contribution in [2.75, 3.05) is 18.4 Å². The zero-order valence-electron chi connectivity index (χ0n) is 12.5. The molecule has 0 radical (unpaired) electrons. The van der Waals surface area contributed by atoms with E-state index in [9.17, 15) is 4.79 Å². The molecule has 1 aromatic heterocycles. The Morgan fingerprint density at radius 3 is 2.74 bits per heavy atom. The highest BCUT2D eigenvalue weighted by Crippen LogP contribution is 2.17. The van der Waals surface area contributed by atoms with Crippen LogP contribution in [-0.4, -0.2) is 40.1 Å². The van der Waals surface area contributed by atoms with E-state index in [2.05, 4.69) is 15.3 Å². The number of ether oxygens (including phenoxy) is 1. The molecule has 1 N–H and O–H groups in total. The molecule has 1 fully saturated rings. The number of likely N-dealkylation sites (tertiary alicyclic amines) is 1. The van der Waals surface area contributed by atoms with E-state index >= 15 is 0 Å². The lowest BCUT2D eigenvalue weighted by molar-refractivity contribution is 0.0983. The Bertz CT molecular complexity index is 651. The first kappa shape index (κ1) is 15.6. The molecule has 0 spiro atoms. The van der Waals surface area contributed by atoms with Crippen molar-refractivity contribution in [1.82, 2.24) is 14.9 Å². The number of carbonyl (C=O) groups is 1. The monoisotopic (exact) mass is 332 g/mol. The molecule has 1 atom stereocenters. The van der Waals surface area contributed by atoms with Crippen LogP contribution in [0.5, 0.6) is 6.01 Å². The van der Waals surface area contributed by atoms with Gasteiger partial charge in [0.15, 0.2) is 0 Å². The fraction of sp³-hybridized carbons (Fsp3) is 0.312. The average molecular weight is 333 g/mol. The van der Waals surface area contributed by atoms with Gasteiger partial charge in [0.2, 0.25) is 0 Å². The molecule has 1 aliphatic heterocycles. The number of anilines is 1. The highest BCUT2D eigenvalue weighted by Gasteiger charge is 2.25. The number of nitrogens with zero attached hydrogens (tertiary/aromatic N) is 3. The zero-order chi connectivity index (χ0) is 16.1. The van der Waals surface area contributed by atoms with Crippen molar-refractivity contribution in [3.05, 3.63) is 47.7 Å². The third kappa shape index (κ3) is 4.32. The molecular formula is C16H17ClN4O2. The van der Waals surface area contributed by atoms with Crippen LogP contribution >= 0.6 is 11.6 Å². The van der Waals surface area contributed by atoms with Crippen molar-refractivity contribution in [3.8, 4) is 6.01 Å². The van der Waals surface area contributed by atoms with Crippen LogP contribution in [0.1, 0.15) is 12.8 Å². The Labute approximate surface area is 139 Å². The van der Waals surface area contributed by atoms with Gasteiger partial charge in [0, 0.05) is 12.2 Å². The predicted octanol–water partition coefficient (Wildman–Crippen LogP) is 3.21. The minimum Gasteiger partial charge on any atom is -0.458 e. The normalized spacial score (nSPS) is 17.6. The summed E-state index contributed by atoms with van der Waals surface area (Å²) >= 11 is 5.75. The lowest BCUT2D eigenvalue weighted by atomic mass is 10.1. The van der Waals surface area contributed by atoms with Gasteiger partial charge < -0.3 is 15.0 Å². The van der Waals surface area contributed by atoms with Gasteiger partial charge in [0.05, 0.1) is 24.0 Å². The molecule has 0 saturated carbocycles. The first-order valence-corrected chi connectivity index (χ1v) is 7.84.